The molecular weight excluding hydrogens is 178 g/mol. The number of hydrogen-bond acceptors (Lipinski definition) is 3. The second-order valence-corrected chi connectivity index (χ2v) is 4.05. The Labute approximate surface area is 84.5 Å². The van der Waals surface area contributed by atoms with E-state index in [0.29, 0.717) is 6.61 Å². The van der Waals surface area contributed by atoms with Crippen molar-refractivity contribution in [3.8, 4) is 0 Å². The third kappa shape index (κ3) is 2.54. The summed E-state index contributed by atoms with van der Waals surface area (Å²) >= 11 is 0. The van der Waals surface area contributed by atoms with E-state index in [4.69, 9.17) is 5.90 Å². The molecule has 0 aromatic heterocycles. The van der Waals surface area contributed by atoms with Crippen LogP contribution in [0, 0.1) is 0 Å². The summed E-state index contributed by atoms with van der Waals surface area (Å²) in [4.78, 5) is 4.53. The fourth-order valence-electron chi connectivity index (χ4n) is 1.24. The second kappa shape index (κ2) is 4.55. The third-order valence-electron chi connectivity index (χ3n) is 2.38. The van der Waals surface area contributed by atoms with Gasteiger partial charge in [-0.25, -0.2) is 5.90 Å². The van der Waals surface area contributed by atoms with Gasteiger partial charge < -0.3 is 5.11 Å². The van der Waals surface area contributed by atoms with Gasteiger partial charge in [-0.2, -0.15) is 0 Å². The van der Waals surface area contributed by atoms with Crippen LogP contribution in [-0.4, -0.2) is 11.7 Å². The van der Waals surface area contributed by atoms with E-state index in [1.54, 1.807) is 0 Å². The van der Waals surface area contributed by atoms with Crippen molar-refractivity contribution in [3.05, 3.63) is 35.4 Å². The van der Waals surface area contributed by atoms with Crippen molar-refractivity contribution in [1.82, 2.24) is 0 Å². The van der Waals surface area contributed by atoms with Gasteiger partial charge in [0.15, 0.2) is 0 Å². The zero-order valence-electron chi connectivity index (χ0n) is 8.66. The maximum absolute atomic E-state index is 9.18. The zero-order valence-corrected chi connectivity index (χ0v) is 8.66. The Morgan fingerprint density at radius 1 is 1.29 bits per heavy atom. The number of hydrogen-bond donors (Lipinski definition) is 2. The molecule has 1 aromatic rings. The molecule has 0 unspecified atom stereocenters. The van der Waals surface area contributed by atoms with Gasteiger partial charge in [0.05, 0.1) is 13.2 Å². The summed E-state index contributed by atoms with van der Waals surface area (Å²) < 4.78 is 0. The monoisotopic (exact) mass is 195 g/mol. The Kier molecular flexibility index (Phi) is 3.63. The first-order valence-corrected chi connectivity index (χ1v) is 4.62. The third-order valence-corrected chi connectivity index (χ3v) is 2.38. The smallest absolute Gasteiger partial charge is 0.0930 e. The fourth-order valence-corrected chi connectivity index (χ4v) is 1.24. The van der Waals surface area contributed by atoms with Crippen molar-refractivity contribution in [2.24, 2.45) is 5.90 Å². The predicted octanol–water partition coefficient (Wildman–Crippen LogP) is 1.35. The number of benzene rings is 1. The van der Waals surface area contributed by atoms with Crippen LogP contribution in [0.25, 0.3) is 0 Å². The van der Waals surface area contributed by atoms with Crippen LogP contribution in [0.1, 0.15) is 25.0 Å². The standard InChI is InChI=1S/C11H17NO2/c1-11(2,8-13)10-5-3-9(4-6-10)7-14-12/h3-6,13H,7-8,12H2,1-2H3. The summed E-state index contributed by atoms with van der Waals surface area (Å²) in [5, 5.41) is 9.18. The van der Waals surface area contributed by atoms with E-state index in [1.165, 1.54) is 0 Å². The minimum absolute atomic E-state index is 0.139. The lowest BCUT2D eigenvalue weighted by molar-refractivity contribution is 0.124. The molecule has 0 fully saturated rings. The second-order valence-electron chi connectivity index (χ2n) is 4.05. The molecule has 1 aromatic carbocycles. The molecule has 0 saturated heterocycles. The molecule has 0 heterocycles. The molecule has 78 valence electrons. The van der Waals surface area contributed by atoms with Crippen LogP contribution < -0.4 is 5.90 Å². The number of nitrogens with two attached hydrogens (primary N) is 1. The molecule has 3 heteroatoms. The molecule has 0 aliphatic heterocycles. The molecule has 0 bridgehead atoms. The van der Waals surface area contributed by atoms with Crippen LogP contribution >= 0.6 is 0 Å². The fraction of sp³-hybridized carbons (Fsp3) is 0.455. The van der Waals surface area contributed by atoms with Crippen molar-refractivity contribution in [2.45, 2.75) is 25.9 Å². The summed E-state index contributed by atoms with van der Waals surface area (Å²) in [5.41, 5.74) is 1.95. The first kappa shape index (κ1) is 11.2. The molecule has 3 nitrogen and oxygen atoms in total. The maximum Gasteiger partial charge on any atom is 0.0930 e. The lowest BCUT2D eigenvalue weighted by Gasteiger charge is -2.22. The number of aliphatic hydroxyl groups excluding tert-OH is 1. The molecule has 0 spiro atoms. The van der Waals surface area contributed by atoms with Gasteiger partial charge in [-0.05, 0) is 11.1 Å². The Bertz CT molecular complexity index is 280. The normalized spacial score (nSPS) is 11.7. The van der Waals surface area contributed by atoms with E-state index >= 15 is 0 Å². The first-order chi connectivity index (χ1) is 6.60. The van der Waals surface area contributed by atoms with Crippen LogP contribution in [0.15, 0.2) is 24.3 Å². The topological polar surface area (TPSA) is 55.5 Å². The predicted molar refractivity (Wildman–Crippen MR) is 55.5 cm³/mol. The summed E-state index contributed by atoms with van der Waals surface area (Å²) in [5.74, 6) is 4.97. The van der Waals surface area contributed by atoms with E-state index in [0.717, 1.165) is 11.1 Å². The Balaban J connectivity index is 2.82. The van der Waals surface area contributed by atoms with Gasteiger partial charge >= 0.3 is 0 Å². The quantitative estimate of drug-likeness (QED) is 0.713. The van der Waals surface area contributed by atoms with Gasteiger partial charge in [-0.15, -0.1) is 0 Å². The van der Waals surface area contributed by atoms with Gasteiger partial charge in [0.25, 0.3) is 0 Å². The maximum atomic E-state index is 9.18. The Morgan fingerprint density at radius 2 is 1.86 bits per heavy atom. The molecule has 0 atom stereocenters. The minimum atomic E-state index is -0.192. The number of rotatable bonds is 4. The van der Waals surface area contributed by atoms with Crippen LogP contribution in [0.5, 0.6) is 0 Å². The Morgan fingerprint density at radius 3 is 2.29 bits per heavy atom. The highest BCUT2D eigenvalue weighted by molar-refractivity contribution is 5.27. The van der Waals surface area contributed by atoms with Crippen molar-refractivity contribution in [2.75, 3.05) is 6.61 Å². The minimum Gasteiger partial charge on any atom is -0.395 e. The van der Waals surface area contributed by atoms with Gasteiger partial charge in [-0.1, -0.05) is 38.1 Å². The molecular formula is C11H17NO2. The molecule has 0 radical (unpaired) electrons. The van der Waals surface area contributed by atoms with Crippen LogP contribution in [0.2, 0.25) is 0 Å². The van der Waals surface area contributed by atoms with Gasteiger partial charge in [0.1, 0.15) is 0 Å². The molecule has 3 N–H and O–H groups in total. The summed E-state index contributed by atoms with van der Waals surface area (Å²) in [7, 11) is 0. The average Bonchev–Trinajstić information content (AvgIpc) is 2.19. The zero-order chi connectivity index (χ0) is 10.6. The molecule has 1 rings (SSSR count). The SMILES string of the molecule is CC(C)(CO)c1ccc(CON)cc1. The molecule has 0 aliphatic carbocycles. The van der Waals surface area contributed by atoms with Crippen molar-refractivity contribution < 1.29 is 9.94 Å². The molecule has 0 saturated carbocycles. The van der Waals surface area contributed by atoms with Gasteiger partial charge in [0.2, 0.25) is 0 Å². The molecule has 0 amide bonds. The first-order valence-electron chi connectivity index (χ1n) is 4.62. The lowest BCUT2D eigenvalue weighted by Crippen LogP contribution is -2.21. The van der Waals surface area contributed by atoms with E-state index in [-0.39, 0.29) is 12.0 Å². The molecule has 0 aliphatic rings. The van der Waals surface area contributed by atoms with E-state index in [9.17, 15) is 5.11 Å². The summed E-state index contributed by atoms with van der Waals surface area (Å²) in [6, 6.07) is 7.90. The van der Waals surface area contributed by atoms with Crippen LogP contribution in [0.3, 0.4) is 0 Å². The van der Waals surface area contributed by atoms with E-state index in [2.05, 4.69) is 4.84 Å². The van der Waals surface area contributed by atoms with E-state index in [1.807, 2.05) is 38.1 Å². The average molecular weight is 195 g/mol. The van der Waals surface area contributed by atoms with Crippen molar-refractivity contribution in [3.63, 3.8) is 0 Å². The largest absolute Gasteiger partial charge is 0.395 e. The highest BCUT2D eigenvalue weighted by atomic mass is 16.6. The van der Waals surface area contributed by atoms with Crippen molar-refractivity contribution >= 4 is 0 Å². The Hall–Kier alpha value is -0.900. The lowest BCUT2D eigenvalue weighted by atomic mass is 9.85. The van der Waals surface area contributed by atoms with Crippen LogP contribution in [-0.2, 0) is 16.9 Å². The van der Waals surface area contributed by atoms with Crippen LogP contribution in [0.4, 0.5) is 0 Å². The van der Waals surface area contributed by atoms with E-state index < -0.39 is 0 Å². The van der Waals surface area contributed by atoms with Crippen molar-refractivity contribution in [1.29, 1.82) is 0 Å². The summed E-state index contributed by atoms with van der Waals surface area (Å²) in [6.07, 6.45) is 0. The van der Waals surface area contributed by atoms with Gasteiger partial charge in [-0.3, -0.25) is 4.84 Å². The summed E-state index contributed by atoms with van der Waals surface area (Å²) in [6.45, 7) is 4.56. The van der Waals surface area contributed by atoms with Gasteiger partial charge in [0, 0.05) is 5.41 Å². The number of aliphatic hydroxyl groups is 1. The molecule has 14 heavy (non-hydrogen) atoms. The highest BCUT2D eigenvalue weighted by Crippen LogP contribution is 2.22. The highest BCUT2D eigenvalue weighted by Gasteiger charge is 2.18.